The quantitative estimate of drug-likeness (QED) is 0.475. The molecule has 2 aromatic carbocycles. The monoisotopic (exact) mass is 498 g/mol. The molecule has 5 nitrogen and oxygen atoms in total. The molecule has 0 unspecified atom stereocenters. The molecule has 1 aromatic heterocycles. The number of rotatable bonds is 7. The number of alkyl halides is 2. The number of likely N-dealkylation sites (tertiary alicyclic amines) is 1. The minimum atomic E-state index is -2.82. The van der Waals surface area contributed by atoms with Gasteiger partial charge < -0.3 is 14.8 Å². The third-order valence-electron chi connectivity index (χ3n) is 7.27. The van der Waals surface area contributed by atoms with Crippen LogP contribution in [0.25, 0.3) is 0 Å². The van der Waals surface area contributed by atoms with E-state index in [0.29, 0.717) is 4.88 Å². The molecule has 1 N–H and O–H groups in total. The maximum absolute atomic E-state index is 12.9. The lowest BCUT2D eigenvalue weighted by atomic mass is 9.72. The highest BCUT2D eigenvalue weighted by Gasteiger charge is 2.54. The Bertz CT molecular complexity index is 1150. The molecule has 0 saturated carbocycles. The number of hydrogen-bond acceptors (Lipinski definition) is 5. The summed E-state index contributed by atoms with van der Waals surface area (Å²) in [4.78, 5) is 16.0. The standard InChI is InChI=1S/C27H28F2N2O3S/c1-33-24-23(30-25(32)22-7-4-16-35-22)20-5-2-3-6-21(20)27(24)12-14-31(15-13-27)17-18-8-10-19(11-9-18)34-26(28)29/h2-11,16,23-24,26H,12-15,17H2,1H3,(H,30,32)/t23-,24+/m0/s1. The lowest BCUT2D eigenvalue weighted by Crippen LogP contribution is -2.50. The molecule has 35 heavy (non-hydrogen) atoms. The molecule has 2 aliphatic rings. The number of carbonyl (C=O) groups is 1. The Balaban J connectivity index is 1.31. The molecule has 1 aliphatic heterocycles. The second-order valence-corrected chi connectivity index (χ2v) is 10.1. The van der Waals surface area contributed by atoms with Crippen LogP contribution in [0.5, 0.6) is 5.75 Å². The van der Waals surface area contributed by atoms with Gasteiger partial charge in [-0.2, -0.15) is 8.78 Å². The van der Waals surface area contributed by atoms with Crippen LogP contribution >= 0.6 is 11.3 Å². The lowest BCUT2D eigenvalue weighted by Gasteiger charge is -2.44. The number of carbonyl (C=O) groups excluding carboxylic acids is 1. The summed E-state index contributed by atoms with van der Waals surface area (Å²) in [7, 11) is 1.73. The Morgan fingerprint density at radius 3 is 2.51 bits per heavy atom. The fraction of sp³-hybridized carbons (Fsp3) is 0.370. The van der Waals surface area contributed by atoms with Crippen LogP contribution in [0.4, 0.5) is 8.78 Å². The van der Waals surface area contributed by atoms with E-state index in [9.17, 15) is 13.6 Å². The Morgan fingerprint density at radius 1 is 1.11 bits per heavy atom. The summed E-state index contributed by atoms with van der Waals surface area (Å²) < 4.78 is 35.4. The first kappa shape index (κ1) is 23.9. The van der Waals surface area contributed by atoms with Gasteiger partial charge in [-0.3, -0.25) is 9.69 Å². The van der Waals surface area contributed by atoms with Crippen molar-refractivity contribution in [3.63, 3.8) is 0 Å². The summed E-state index contributed by atoms with van der Waals surface area (Å²) in [5.41, 5.74) is 3.27. The summed E-state index contributed by atoms with van der Waals surface area (Å²) in [6.07, 6.45) is 1.65. The number of ether oxygens (including phenoxy) is 2. The van der Waals surface area contributed by atoms with Crippen molar-refractivity contribution >= 4 is 17.2 Å². The zero-order valence-corrected chi connectivity index (χ0v) is 20.3. The van der Waals surface area contributed by atoms with Crippen LogP contribution in [0.15, 0.2) is 66.0 Å². The van der Waals surface area contributed by atoms with Crippen LogP contribution in [0.3, 0.4) is 0 Å². The average Bonchev–Trinajstić information content (AvgIpc) is 3.48. The van der Waals surface area contributed by atoms with Crippen LogP contribution in [0.2, 0.25) is 0 Å². The Labute approximate surface area is 207 Å². The Hall–Kier alpha value is -2.81. The first-order chi connectivity index (χ1) is 17.0. The van der Waals surface area contributed by atoms with E-state index >= 15 is 0 Å². The van der Waals surface area contributed by atoms with E-state index in [1.165, 1.54) is 16.9 Å². The second-order valence-electron chi connectivity index (χ2n) is 9.13. The summed E-state index contributed by atoms with van der Waals surface area (Å²) in [6, 6.07) is 18.7. The van der Waals surface area contributed by atoms with Crippen molar-refractivity contribution in [2.45, 2.75) is 43.6 Å². The molecule has 1 fully saturated rings. The number of thiophene rings is 1. The fourth-order valence-electron chi connectivity index (χ4n) is 5.69. The lowest BCUT2D eigenvalue weighted by molar-refractivity contribution is -0.0498. The van der Waals surface area contributed by atoms with Gasteiger partial charge in [0.2, 0.25) is 0 Å². The molecule has 3 aromatic rings. The first-order valence-corrected chi connectivity index (χ1v) is 12.6. The van der Waals surface area contributed by atoms with Crippen molar-refractivity contribution in [2.75, 3.05) is 20.2 Å². The zero-order valence-electron chi connectivity index (χ0n) is 19.5. The van der Waals surface area contributed by atoms with Gasteiger partial charge >= 0.3 is 6.61 Å². The minimum absolute atomic E-state index is 0.0735. The maximum Gasteiger partial charge on any atom is 0.387 e. The van der Waals surface area contributed by atoms with Crippen molar-refractivity contribution in [1.82, 2.24) is 10.2 Å². The number of nitrogens with one attached hydrogen (secondary N) is 1. The van der Waals surface area contributed by atoms with Crippen LogP contribution < -0.4 is 10.1 Å². The number of hydrogen-bond donors (Lipinski definition) is 1. The van der Waals surface area contributed by atoms with Crippen LogP contribution in [-0.2, 0) is 16.7 Å². The number of piperidine rings is 1. The molecule has 0 radical (unpaired) electrons. The van der Waals surface area contributed by atoms with Crippen molar-refractivity contribution in [2.24, 2.45) is 0 Å². The van der Waals surface area contributed by atoms with E-state index in [2.05, 4.69) is 33.2 Å². The van der Waals surface area contributed by atoms with Gasteiger partial charge in [-0.25, -0.2) is 0 Å². The molecule has 8 heteroatoms. The predicted octanol–water partition coefficient (Wildman–Crippen LogP) is 5.38. The Morgan fingerprint density at radius 2 is 1.86 bits per heavy atom. The summed E-state index contributed by atoms with van der Waals surface area (Å²) in [5.74, 6) is 0.0955. The molecule has 1 amide bonds. The van der Waals surface area contributed by atoms with E-state index in [0.717, 1.165) is 43.6 Å². The van der Waals surface area contributed by atoms with Gasteiger partial charge in [-0.15, -0.1) is 11.3 Å². The molecule has 1 spiro atoms. The van der Waals surface area contributed by atoms with Crippen LogP contribution in [0.1, 0.15) is 45.2 Å². The molecule has 5 rings (SSSR count). The van der Waals surface area contributed by atoms with E-state index in [4.69, 9.17) is 4.74 Å². The molecule has 1 aliphatic carbocycles. The highest BCUT2D eigenvalue weighted by atomic mass is 32.1. The first-order valence-electron chi connectivity index (χ1n) is 11.7. The molecule has 2 heterocycles. The number of nitrogens with zero attached hydrogens (tertiary/aromatic N) is 1. The molecule has 0 bridgehead atoms. The summed E-state index contributed by atoms with van der Waals surface area (Å²) in [5, 5.41) is 5.15. The second kappa shape index (κ2) is 10.0. The summed E-state index contributed by atoms with van der Waals surface area (Å²) in [6.45, 7) is -0.339. The van der Waals surface area contributed by atoms with E-state index < -0.39 is 6.61 Å². The molecule has 184 valence electrons. The highest BCUT2D eigenvalue weighted by molar-refractivity contribution is 7.12. The van der Waals surface area contributed by atoms with E-state index in [1.807, 2.05) is 35.7 Å². The number of fused-ring (bicyclic) bond motifs is 2. The third-order valence-corrected chi connectivity index (χ3v) is 8.14. The minimum Gasteiger partial charge on any atom is -0.435 e. The maximum atomic E-state index is 12.9. The SMILES string of the molecule is CO[C@@H]1[C@@H](NC(=O)c2cccs2)c2ccccc2C12CCN(Cc1ccc(OC(F)F)cc1)CC2. The third kappa shape index (κ3) is 4.70. The topological polar surface area (TPSA) is 50.8 Å². The predicted molar refractivity (Wildman–Crippen MR) is 131 cm³/mol. The van der Waals surface area contributed by atoms with Gasteiger partial charge in [0.1, 0.15) is 5.75 Å². The van der Waals surface area contributed by atoms with Gasteiger partial charge in [0, 0.05) is 19.1 Å². The number of amides is 1. The molecular formula is C27H28F2N2O3S. The number of benzene rings is 2. The van der Waals surface area contributed by atoms with Gasteiger partial charge in [0.15, 0.2) is 0 Å². The van der Waals surface area contributed by atoms with Crippen LogP contribution in [-0.4, -0.2) is 43.7 Å². The largest absolute Gasteiger partial charge is 0.435 e. The zero-order chi connectivity index (χ0) is 24.4. The normalized spacial score (nSPS) is 21.3. The van der Waals surface area contributed by atoms with Crippen molar-refractivity contribution in [3.8, 4) is 5.75 Å². The van der Waals surface area contributed by atoms with Gasteiger partial charge in [-0.1, -0.05) is 42.5 Å². The number of methoxy groups -OCH3 is 1. The fourth-order valence-corrected chi connectivity index (χ4v) is 6.32. The highest BCUT2D eigenvalue weighted by Crippen LogP contribution is 2.52. The van der Waals surface area contributed by atoms with E-state index in [1.54, 1.807) is 19.2 Å². The van der Waals surface area contributed by atoms with Crippen molar-refractivity contribution in [3.05, 3.63) is 87.6 Å². The average molecular weight is 499 g/mol. The van der Waals surface area contributed by atoms with Crippen molar-refractivity contribution in [1.29, 1.82) is 0 Å². The van der Waals surface area contributed by atoms with Gasteiger partial charge in [-0.05, 0) is 66.2 Å². The van der Waals surface area contributed by atoms with Gasteiger partial charge in [0.05, 0.1) is 17.0 Å². The van der Waals surface area contributed by atoms with Gasteiger partial charge in [0.25, 0.3) is 5.91 Å². The smallest absolute Gasteiger partial charge is 0.387 e. The molecule has 2 atom stereocenters. The number of halogens is 2. The Kier molecular flexibility index (Phi) is 6.86. The van der Waals surface area contributed by atoms with E-state index in [-0.39, 0.29) is 29.2 Å². The van der Waals surface area contributed by atoms with Crippen LogP contribution in [0, 0.1) is 0 Å². The molecule has 1 saturated heterocycles. The van der Waals surface area contributed by atoms with Crippen molar-refractivity contribution < 1.29 is 23.0 Å². The summed E-state index contributed by atoms with van der Waals surface area (Å²) >= 11 is 1.43. The molecular weight excluding hydrogens is 470 g/mol.